The molecule has 4 saturated heterocycles. The third kappa shape index (κ3) is 5.26. The zero-order chi connectivity index (χ0) is 31.4. The number of likely N-dealkylation sites (tertiary alicyclic amines) is 1. The van der Waals surface area contributed by atoms with Crippen molar-refractivity contribution in [2.45, 2.75) is 77.0 Å². The first-order valence-electron chi connectivity index (χ1n) is 16.4. The van der Waals surface area contributed by atoms with Crippen molar-refractivity contribution in [2.75, 3.05) is 49.1 Å². The number of piperidine rings is 2. The maximum atomic E-state index is 12.7. The first kappa shape index (κ1) is 29.8. The average Bonchev–Trinajstić information content (AvgIpc) is 3.72. The molecule has 0 bridgehead atoms. The molecule has 0 aliphatic carbocycles. The number of nitrogens with zero attached hydrogens (tertiary/aromatic N) is 7. The minimum Gasteiger partial charge on any atom is -0.444 e. The fraction of sp³-hybridized carbons (Fsp3) is 0.606. The van der Waals surface area contributed by atoms with Crippen molar-refractivity contribution in [3.8, 4) is 0 Å². The van der Waals surface area contributed by atoms with Crippen molar-refractivity contribution in [3.05, 3.63) is 37.2 Å². The van der Waals surface area contributed by atoms with Crippen LogP contribution in [0.25, 0.3) is 22.1 Å². The molecular formula is C33H46N10O2. The summed E-state index contributed by atoms with van der Waals surface area (Å²) < 4.78 is 5.65. The van der Waals surface area contributed by atoms with Gasteiger partial charge < -0.3 is 34.7 Å². The largest absolute Gasteiger partial charge is 0.444 e. The summed E-state index contributed by atoms with van der Waals surface area (Å²) in [7, 11) is 0. The van der Waals surface area contributed by atoms with Crippen molar-refractivity contribution in [3.63, 3.8) is 0 Å². The number of carbonyl (C=O) groups is 1. The van der Waals surface area contributed by atoms with Crippen molar-refractivity contribution in [1.82, 2.24) is 40.1 Å². The van der Waals surface area contributed by atoms with E-state index in [-0.39, 0.29) is 11.6 Å². The number of rotatable bonds is 2. The van der Waals surface area contributed by atoms with Crippen LogP contribution in [-0.4, -0.2) is 96.8 Å². The van der Waals surface area contributed by atoms with E-state index in [0.29, 0.717) is 11.5 Å². The number of carbonyl (C=O) groups excluding carboxylic acids is 1. The summed E-state index contributed by atoms with van der Waals surface area (Å²) in [6.07, 6.45) is 11.4. The van der Waals surface area contributed by atoms with Crippen LogP contribution >= 0.6 is 0 Å². The van der Waals surface area contributed by atoms with Crippen LogP contribution in [0.2, 0.25) is 0 Å². The van der Waals surface area contributed by atoms with Crippen molar-refractivity contribution < 1.29 is 9.53 Å². The summed E-state index contributed by atoms with van der Waals surface area (Å²) in [5, 5.41) is 5.82. The molecule has 4 unspecified atom stereocenters. The lowest BCUT2D eigenvalue weighted by Gasteiger charge is -2.60. The van der Waals surface area contributed by atoms with E-state index in [0.717, 1.165) is 91.7 Å². The highest BCUT2D eigenvalue weighted by Gasteiger charge is 2.56. The Morgan fingerprint density at radius 3 is 2.00 bits per heavy atom. The number of anilines is 2. The Bertz CT molecular complexity index is 1680. The molecule has 12 nitrogen and oxygen atoms in total. The number of amides is 1. The predicted octanol–water partition coefficient (Wildman–Crippen LogP) is 4.72. The SMILES string of the molecule is CC1CN(C(=O)OC(C)(C)C)C12CCCN(c1ncnc3[nH]ccc13)C2.CC1CNC12CCCN(c1ncnc3[nH]ccc13)C2. The van der Waals surface area contributed by atoms with Gasteiger partial charge in [-0.2, -0.15) is 0 Å². The summed E-state index contributed by atoms with van der Waals surface area (Å²) in [6, 6.07) is 4.09. The summed E-state index contributed by atoms with van der Waals surface area (Å²) in [6.45, 7) is 16.1. The number of H-pyrrole nitrogens is 2. The number of hydrogen-bond acceptors (Lipinski definition) is 9. The van der Waals surface area contributed by atoms with Gasteiger partial charge in [-0.3, -0.25) is 0 Å². The van der Waals surface area contributed by atoms with Gasteiger partial charge in [0, 0.05) is 57.2 Å². The molecule has 4 aliphatic heterocycles. The second kappa shape index (κ2) is 11.1. The van der Waals surface area contributed by atoms with E-state index in [4.69, 9.17) is 4.74 Å². The van der Waals surface area contributed by atoms with Crippen LogP contribution in [0.4, 0.5) is 16.4 Å². The Morgan fingerprint density at radius 2 is 1.47 bits per heavy atom. The van der Waals surface area contributed by atoms with E-state index in [9.17, 15) is 4.79 Å². The van der Waals surface area contributed by atoms with Gasteiger partial charge in [-0.05, 0) is 70.4 Å². The lowest BCUT2D eigenvalue weighted by Crippen LogP contribution is -2.74. The van der Waals surface area contributed by atoms with Crippen molar-refractivity contribution in [2.24, 2.45) is 11.8 Å². The highest BCUT2D eigenvalue weighted by atomic mass is 16.6. The van der Waals surface area contributed by atoms with E-state index in [1.165, 1.54) is 12.8 Å². The van der Waals surface area contributed by atoms with Gasteiger partial charge in [0.15, 0.2) is 0 Å². The fourth-order valence-corrected chi connectivity index (χ4v) is 7.85. The fourth-order valence-electron chi connectivity index (χ4n) is 7.85. The molecule has 0 saturated carbocycles. The van der Waals surface area contributed by atoms with Crippen molar-refractivity contribution >= 4 is 39.8 Å². The molecule has 8 rings (SSSR count). The normalized spacial score (nSPS) is 28.2. The lowest BCUT2D eigenvalue weighted by atomic mass is 9.70. The molecule has 4 aromatic heterocycles. The number of ether oxygens (including phenoxy) is 1. The second-order valence-electron chi connectivity index (χ2n) is 14.5. The maximum Gasteiger partial charge on any atom is 0.410 e. The molecule has 3 N–H and O–H groups in total. The highest BCUT2D eigenvalue weighted by molar-refractivity contribution is 5.88. The standard InChI is InChI=1S/C19H27N5O2.C14H19N5/c1-13-10-24(17(25)26-18(2,3)4)19(13)7-5-9-23(11-19)16-14-6-8-20-15(14)21-12-22-16;1-10-7-18-14(10)4-2-6-19(8-14)13-11-3-5-15-12(11)16-9-17-13/h6,8,12-13H,5,7,9-11H2,1-4H3,(H,20,21,22);3,5,9-10,18H,2,4,6-8H2,1H3,(H,15,16,17). The van der Waals surface area contributed by atoms with Gasteiger partial charge in [0.25, 0.3) is 0 Å². The van der Waals surface area contributed by atoms with E-state index in [2.05, 4.69) is 64.9 Å². The van der Waals surface area contributed by atoms with Crippen molar-refractivity contribution in [1.29, 1.82) is 0 Å². The Balaban J connectivity index is 0.000000151. The topological polar surface area (TPSA) is 131 Å². The number of hydrogen-bond donors (Lipinski definition) is 3. The van der Waals surface area contributed by atoms with Crippen LogP contribution in [0.3, 0.4) is 0 Å². The molecule has 45 heavy (non-hydrogen) atoms. The molecule has 4 fully saturated rings. The predicted molar refractivity (Wildman–Crippen MR) is 175 cm³/mol. The Morgan fingerprint density at radius 1 is 0.867 bits per heavy atom. The summed E-state index contributed by atoms with van der Waals surface area (Å²) in [5.41, 5.74) is 1.44. The van der Waals surface area contributed by atoms with Gasteiger partial charge in [-0.1, -0.05) is 13.8 Å². The molecule has 4 atom stereocenters. The van der Waals surface area contributed by atoms with E-state index in [1.54, 1.807) is 12.7 Å². The van der Waals surface area contributed by atoms with E-state index >= 15 is 0 Å². The molecule has 8 heterocycles. The van der Waals surface area contributed by atoms with Gasteiger partial charge in [-0.25, -0.2) is 24.7 Å². The average molecular weight is 615 g/mol. The van der Waals surface area contributed by atoms with Crippen LogP contribution in [0, 0.1) is 11.8 Å². The van der Waals surface area contributed by atoms with Crippen LogP contribution in [0.1, 0.15) is 60.3 Å². The molecule has 0 radical (unpaired) electrons. The smallest absolute Gasteiger partial charge is 0.410 e. The number of aromatic nitrogens is 6. The number of nitrogens with one attached hydrogen (secondary N) is 3. The Labute approximate surface area is 264 Å². The molecule has 4 aromatic rings. The van der Waals surface area contributed by atoms with Crippen LogP contribution in [0.15, 0.2) is 37.2 Å². The minimum absolute atomic E-state index is 0.172. The molecule has 2 spiro atoms. The first-order chi connectivity index (χ1) is 21.6. The maximum absolute atomic E-state index is 12.7. The second-order valence-corrected chi connectivity index (χ2v) is 14.5. The van der Waals surface area contributed by atoms with Gasteiger partial charge >= 0.3 is 6.09 Å². The highest BCUT2D eigenvalue weighted by Crippen LogP contribution is 2.45. The first-order valence-corrected chi connectivity index (χ1v) is 16.4. The summed E-state index contributed by atoms with van der Waals surface area (Å²) in [5.74, 6) is 3.23. The van der Waals surface area contributed by atoms with Gasteiger partial charge in [0.1, 0.15) is 41.2 Å². The molecule has 0 aromatic carbocycles. The Hall–Kier alpha value is -3.93. The Kier molecular flexibility index (Phi) is 7.37. The number of aromatic amines is 2. The lowest BCUT2D eigenvalue weighted by molar-refractivity contribution is -0.0857. The van der Waals surface area contributed by atoms with E-state index in [1.807, 2.05) is 44.1 Å². The van der Waals surface area contributed by atoms with Crippen LogP contribution < -0.4 is 15.1 Å². The molecule has 4 aliphatic rings. The molecule has 1 amide bonds. The minimum atomic E-state index is -0.477. The molecule has 12 heteroatoms. The van der Waals surface area contributed by atoms with Gasteiger partial charge in [0.2, 0.25) is 0 Å². The third-order valence-corrected chi connectivity index (χ3v) is 10.5. The zero-order valence-corrected chi connectivity index (χ0v) is 27.1. The number of fused-ring (bicyclic) bond motifs is 2. The monoisotopic (exact) mass is 614 g/mol. The van der Waals surface area contributed by atoms with Crippen LogP contribution in [0.5, 0.6) is 0 Å². The van der Waals surface area contributed by atoms with Gasteiger partial charge in [-0.15, -0.1) is 0 Å². The molecular weight excluding hydrogens is 568 g/mol. The summed E-state index contributed by atoms with van der Waals surface area (Å²) in [4.78, 5) is 43.3. The third-order valence-electron chi connectivity index (χ3n) is 10.5. The van der Waals surface area contributed by atoms with Gasteiger partial charge in [0.05, 0.1) is 16.3 Å². The summed E-state index contributed by atoms with van der Waals surface area (Å²) >= 11 is 0. The molecule has 240 valence electrons. The van der Waals surface area contributed by atoms with E-state index < -0.39 is 5.60 Å². The zero-order valence-electron chi connectivity index (χ0n) is 27.1. The quantitative estimate of drug-likeness (QED) is 0.294. The van der Waals surface area contributed by atoms with Crippen LogP contribution in [-0.2, 0) is 4.74 Å².